The lowest BCUT2D eigenvalue weighted by molar-refractivity contribution is 0.414. The Balaban J connectivity index is -0.000000156. The average molecular weight is 297 g/mol. The third kappa shape index (κ3) is 13.9. The molecule has 0 aliphatic rings. The smallest absolute Gasteiger partial charge is 0.00780 e. The fourth-order valence-electron chi connectivity index (χ4n) is 1.92. The summed E-state index contributed by atoms with van der Waals surface area (Å²) >= 11 is 0. The Morgan fingerprint density at radius 1 is 0.714 bits per heavy atom. The monoisotopic (exact) mass is 296 g/mol. The molecular weight excluding hydrogens is 252 g/mol. The van der Waals surface area contributed by atoms with Crippen LogP contribution in [0.15, 0.2) is 30.3 Å². The van der Waals surface area contributed by atoms with Gasteiger partial charge in [0.1, 0.15) is 0 Å². The second-order valence-electron chi connectivity index (χ2n) is 4.03. The molecule has 0 spiro atoms. The molecule has 0 aliphatic heterocycles. The first-order valence-corrected chi connectivity index (χ1v) is 9.28. The Morgan fingerprint density at radius 3 is 1.38 bits per heavy atom. The molecule has 0 aromatic heterocycles. The van der Waals surface area contributed by atoms with Crippen LogP contribution in [0.25, 0.3) is 0 Å². The van der Waals surface area contributed by atoms with E-state index < -0.39 is 0 Å². The number of rotatable bonds is 4. The minimum atomic E-state index is 0.385. The molecule has 21 heavy (non-hydrogen) atoms. The number of hydrogen-bond donors (Lipinski definition) is 0. The fourth-order valence-corrected chi connectivity index (χ4v) is 1.92. The Labute approximate surface area is 137 Å². The van der Waals surface area contributed by atoms with E-state index in [9.17, 15) is 0 Å². The number of benzene rings is 1. The van der Waals surface area contributed by atoms with Gasteiger partial charge in [-0.3, -0.25) is 0 Å². The molecule has 0 fully saturated rings. The zero-order chi connectivity index (χ0) is 17.7. The predicted molar refractivity (Wildman–Crippen MR) is 104 cm³/mol. The Hall–Kier alpha value is -0.780. The summed E-state index contributed by atoms with van der Waals surface area (Å²) in [6.07, 6.45) is 3.78. The Bertz CT molecular complexity index is 237. The van der Waals surface area contributed by atoms with E-state index in [1.54, 1.807) is 0 Å². The molecule has 0 amide bonds. The SMILES string of the molecule is CC.CC.CC.CC.CCCC(C)(CC)c1ccccc1. The standard InChI is InChI=1S/C13H20.4C2H6/c1-4-11-13(3,5-2)12-9-7-6-8-10-12;4*1-2/h6-10H,4-5,11H2,1-3H3;4*1-2H3. The summed E-state index contributed by atoms with van der Waals surface area (Å²) in [4.78, 5) is 0. The molecule has 0 bridgehead atoms. The molecule has 1 aromatic rings. The van der Waals surface area contributed by atoms with Crippen LogP contribution in [0.1, 0.15) is 101 Å². The molecule has 0 N–H and O–H groups in total. The lowest BCUT2D eigenvalue weighted by Crippen LogP contribution is -2.20. The second kappa shape index (κ2) is 24.3. The molecule has 1 atom stereocenters. The van der Waals surface area contributed by atoms with Gasteiger partial charge in [-0.15, -0.1) is 0 Å². The van der Waals surface area contributed by atoms with Crippen LogP contribution >= 0.6 is 0 Å². The van der Waals surface area contributed by atoms with Crippen LogP contribution in [-0.2, 0) is 5.41 Å². The van der Waals surface area contributed by atoms with Gasteiger partial charge in [-0.2, -0.15) is 0 Å². The normalized spacial score (nSPS) is 10.6. The van der Waals surface area contributed by atoms with E-state index in [1.165, 1.54) is 24.8 Å². The highest BCUT2D eigenvalue weighted by Gasteiger charge is 2.22. The summed E-state index contributed by atoms with van der Waals surface area (Å²) in [5, 5.41) is 0. The van der Waals surface area contributed by atoms with Gasteiger partial charge in [0.25, 0.3) is 0 Å². The molecule has 1 aromatic carbocycles. The van der Waals surface area contributed by atoms with Gasteiger partial charge in [-0.1, -0.05) is 113 Å². The van der Waals surface area contributed by atoms with Crippen LogP contribution in [0.2, 0.25) is 0 Å². The second-order valence-corrected chi connectivity index (χ2v) is 4.03. The minimum absolute atomic E-state index is 0.385. The zero-order valence-electron chi connectivity index (χ0n) is 17.0. The van der Waals surface area contributed by atoms with Crippen molar-refractivity contribution in [2.75, 3.05) is 0 Å². The third-order valence-corrected chi connectivity index (χ3v) is 3.05. The first kappa shape index (κ1) is 28.4. The van der Waals surface area contributed by atoms with Gasteiger partial charge in [0.2, 0.25) is 0 Å². The van der Waals surface area contributed by atoms with Crippen molar-refractivity contribution in [1.82, 2.24) is 0 Å². The predicted octanol–water partition coefficient (Wildman–Crippen LogP) is 8.26. The Morgan fingerprint density at radius 2 is 1.10 bits per heavy atom. The van der Waals surface area contributed by atoms with Crippen LogP contribution < -0.4 is 0 Å². The highest BCUT2D eigenvalue weighted by Crippen LogP contribution is 2.31. The summed E-state index contributed by atoms with van der Waals surface area (Å²) in [5.41, 5.74) is 1.87. The summed E-state index contributed by atoms with van der Waals surface area (Å²) in [6, 6.07) is 10.9. The van der Waals surface area contributed by atoms with Crippen molar-refractivity contribution in [3.63, 3.8) is 0 Å². The maximum atomic E-state index is 2.37. The van der Waals surface area contributed by atoms with Gasteiger partial charge in [-0.05, 0) is 23.8 Å². The molecule has 0 nitrogen and oxygen atoms in total. The van der Waals surface area contributed by atoms with Crippen molar-refractivity contribution in [1.29, 1.82) is 0 Å². The van der Waals surface area contributed by atoms with Gasteiger partial charge in [0.05, 0.1) is 0 Å². The van der Waals surface area contributed by atoms with Gasteiger partial charge >= 0.3 is 0 Å². The molecule has 128 valence electrons. The molecule has 0 radical (unpaired) electrons. The van der Waals surface area contributed by atoms with E-state index in [4.69, 9.17) is 0 Å². The molecule has 0 heteroatoms. The van der Waals surface area contributed by atoms with Crippen LogP contribution in [0, 0.1) is 0 Å². The van der Waals surface area contributed by atoms with Crippen LogP contribution in [0.3, 0.4) is 0 Å². The average Bonchev–Trinajstić information content (AvgIpc) is 2.63. The highest BCUT2D eigenvalue weighted by molar-refractivity contribution is 5.23. The van der Waals surface area contributed by atoms with Crippen molar-refractivity contribution in [2.24, 2.45) is 0 Å². The molecule has 0 saturated carbocycles. The molecule has 0 saturated heterocycles. The molecule has 1 rings (SSSR count). The summed E-state index contributed by atoms with van der Waals surface area (Å²) < 4.78 is 0. The van der Waals surface area contributed by atoms with Crippen molar-refractivity contribution in [3.05, 3.63) is 35.9 Å². The largest absolute Gasteiger partial charge is 0.0683 e. The van der Waals surface area contributed by atoms with Crippen molar-refractivity contribution < 1.29 is 0 Å². The van der Waals surface area contributed by atoms with E-state index in [-0.39, 0.29) is 0 Å². The highest BCUT2D eigenvalue weighted by atomic mass is 14.3. The van der Waals surface area contributed by atoms with E-state index in [0.29, 0.717) is 5.41 Å². The third-order valence-electron chi connectivity index (χ3n) is 3.05. The van der Waals surface area contributed by atoms with E-state index >= 15 is 0 Å². The van der Waals surface area contributed by atoms with Crippen LogP contribution in [0.5, 0.6) is 0 Å². The number of hydrogen-bond acceptors (Lipinski definition) is 0. The molecule has 1 unspecified atom stereocenters. The maximum absolute atomic E-state index is 2.37. The van der Waals surface area contributed by atoms with Crippen molar-refractivity contribution >= 4 is 0 Å². The first-order valence-electron chi connectivity index (χ1n) is 9.28. The van der Waals surface area contributed by atoms with E-state index in [2.05, 4.69) is 51.1 Å². The maximum Gasteiger partial charge on any atom is -0.00780 e. The zero-order valence-corrected chi connectivity index (χ0v) is 17.0. The van der Waals surface area contributed by atoms with Gasteiger partial charge in [-0.25, -0.2) is 0 Å². The fraction of sp³-hybridized carbons (Fsp3) is 0.714. The van der Waals surface area contributed by atoms with Gasteiger partial charge < -0.3 is 0 Å². The summed E-state index contributed by atoms with van der Waals surface area (Å²) in [7, 11) is 0. The van der Waals surface area contributed by atoms with E-state index in [1.807, 2.05) is 55.4 Å². The quantitative estimate of drug-likeness (QED) is 0.524. The van der Waals surface area contributed by atoms with Gasteiger partial charge in [0, 0.05) is 0 Å². The summed E-state index contributed by atoms with van der Waals surface area (Å²) in [5.74, 6) is 0. The van der Waals surface area contributed by atoms with E-state index in [0.717, 1.165) is 0 Å². The lowest BCUT2D eigenvalue weighted by Gasteiger charge is -2.28. The van der Waals surface area contributed by atoms with Crippen LogP contribution in [0.4, 0.5) is 0 Å². The summed E-state index contributed by atoms with van der Waals surface area (Å²) in [6.45, 7) is 22.9. The lowest BCUT2D eigenvalue weighted by atomic mass is 9.77. The molecule has 0 aliphatic carbocycles. The molecular formula is C21H44. The topological polar surface area (TPSA) is 0 Å². The van der Waals surface area contributed by atoms with Gasteiger partial charge in [0.15, 0.2) is 0 Å². The van der Waals surface area contributed by atoms with Crippen molar-refractivity contribution in [2.45, 2.75) is 101 Å². The molecule has 0 heterocycles. The Kier molecular flexibility index (Phi) is 32.8. The first-order chi connectivity index (χ1) is 10.2. The van der Waals surface area contributed by atoms with Crippen molar-refractivity contribution in [3.8, 4) is 0 Å². The van der Waals surface area contributed by atoms with Crippen LogP contribution in [-0.4, -0.2) is 0 Å². The minimum Gasteiger partial charge on any atom is -0.0683 e.